The van der Waals surface area contributed by atoms with Crippen molar-refractivity contribution in [1.82, 2.24) is 4.98 Å². The van der Waals surface area contributed by atoms with Gasteiger partial charge in [-0.1, -0.05) is 41.7 Å². The van der Waals surface area contributed by atoms with Crippen LogP contribution in [0.15, 0.2) is 42.5 Å². The van der Waals surface area contributed by atoms with Gasteiger partial charge in [0.1, 0.15) is 5.52 Å². The molecule has 159 valence electrons. The van der Waals surface area contributed by atoms with Crippen molar-refractivity contribution >= 4 is 27.2 Å². The number of para-hydroxylation sites is 1. The summed E-state index contributed by atoms with van der Waals surface area (Å²) in [4.78, 5) is 6.16. The molecular weight excluding hydrogens is 423 g/mol. The molecule has 4 rings (SSSR count). The largest absolute Gasteiger partial charge is 0.458 e. The van der Waals surface area contributed by atoms with Crippen LogP contribution in [0.5, 0.6) is 5.19 Å². The van der Waals surface area contributed by atoms with Crippen LogP contribution < -0.4 is 4.90 Å². The van der Waals surface area contributed by atoms with Crippen LogP contribution in [0.1, 0.15) is 24.0 Å². The molecule has 0 atom stereocenters. The van der Waals surface area contributed by atoms with Crippen LogP contribution >= 0.6 is 11.3 Å². The normalized spacial score (nSPS) is 16.4. The molecule has 1 aromatic heterocycles. The zero-order chi connectivity index (χ0) is 21.5. The Kier molecular flexibility index (Phi) is 5.34. The first-order valence-corrected chi connectivity index (χ1v) is 10.3. The molecule has 30 heavy (non-hydrogen) atoms. The third-order valence-electron chi connectivity index (χ3n) is 5.55. The van der Waals surface area contributed by atoms with Crippen molar-refractivity contribution in [3.05, 3.63) is 53.6 Å². The van der Waals surface area contributed by atoms with Crippen LogP contribution in [0, 0.1) is 5.92 Å². The summed E-state index contributed by atoms with van der Waals surface area (Å²) >= 11 is 1.08. The number of alkyl halides is 5. The number of benzene rings is 2. The van der Waals surface area contributed by atoms with Crippen LogP contribution in [0.25, 0.3) is 10.2 Å². The minimum Gasteiger partial charge on any atom is -0.370 e. The number of thiazole rings is 1. The molecule has 1 saturated heterocycles. The van der Waals surface area contributed by atoms with E-state index in [1.807, 2.05) is 18.2 Å². The van der Waals surface area contributed by atoms with Crippen LogP contribution in [0.4, 0.5) is 27.6 Å². The number of fused-ring (bicyclic) bond motifs is 1. The minimum atomic E-state index is -5.63. The summed E-state index contributed by atoms with van der Waals surface area (Å²) in [6, 6.07) is 10.5. The molecule has 1 radical (unpaired) electrons. The van der Waals surface area contributed by atoms with E-state index < -0.39 is 17.7 Å². The van der Waals surface area contributed by atoms with Gasteiger partial charge in [-0.3, -0.25) is 5.11 Å². The summed E-state index contributed by atoms with van der Waals surface area (Å²) in [5, 5.41) is 11.4. The monoisotopic (exact) mass is 441 g/mol. The van der Waals surface area contributed by atoms with E-state index in [0.717, 1.165) is 27.8 Å². The molecule has 0 N–H and O–H groups in total. The number of aromatic nitrogens is 1. The fourth-order valence-corrected chi connectivity index (χ4v) is 4.73. The Morgan fingerprint density at radius 2 is 1.70 bits per heavy atom. The zero-order valence-electron chi connectivity index (χ0n) is 15.8. The van der Waals surface area contributed by atoms with E-state index in [4.69, 9.17) is 0 Å². The fraction of sp³-hybridized carbons (Fsp3) is 0.381. The average molecular weight is 441 g/mol. The van der Waals surface area contributed by atoms with Crippen molar-refractivity contribution < 1.29 is 27.1 Å². The molecule has 0 amide bonds. The summed E-state index contributed by atoms with van der Waals surface area (Å²) in [5.74, 6) is -4.88. The predicted molar refractivity (Wildman–Crippen MR) is 105 cm³/mol. The van der Waals surface area contributed by atoms with E-state index in [-0.39, 0.29) is 23.1 Å². The molecule has 1 aliphatic rings. The van der Waals surface area contributed by atoms with Crippen LogP contribution in [-0.4, -0.2) is 24.2 Å². The van der Waals surface area contributed by atoms with E-state index in [2.05, 4.69) is 9.88 Å². The van der Waals surface area contributed by atoms with Gasteiger partial charge in [0.15, 0.2) is 0 Å². The van der Waals surface area contributed by atoms with Gasteiger partial charge in [0.2, 0.25) is 0 Å². The van der Waals surface area contributed by atoms with E-state index in [9.17, 15) is 27.1 Å². The standard InChI is InChI=1S/C21H18F5N2OS/c22-20(23,21(24,25)26)15-5-2-1-4-14(15)12-13-8-10-28(11-9-13)16-6-3-7-17-18(16)27-19(29)30-17/h1-7,13H,8-12H2. The average Bonchev–Trinajstić information content (AvgIpc) is 3.08. The van der Waals surface area contributed by atoms with Crippen LogP contribution in [-0.2, 0) is 17.4 Å². The Balaban J connectivity index is 1.49. The number of anilines is 1. The highest BCUT2D eigenvalue weighted by molar-refractivity contribution is 7.20. The third-order valence-corrected chi connectivity index (χ3v) is 6.37. The number of piperidine rings is 1. The lowest BCUT2D eigenvalue weighted by molar-refractivity contribution is -0.289. The van der Waals surface area contributed by atoms with Crippen LogP contribution in [0.3, 0.4) is 0 Å². The van der Waals surface area contributed by atoms with Crippen molar-refractivity contribution in [3.8, 4) is 5.19 Å². The van der Waals surface area contributed by atoms with E-state index in [1.165, 1.54) is 18.2 Å². The molecule has 9 heteroatoms. The topological polar surface area (TPSA) is 36.0 Å². The third kappa shape index (κ3) is 3.82. The highest BCUT2D eigenvalue weighted by Crippen LogP contribution is 2.45. The molecule has 0 saturated carbocycles. The lowest BCUT2D eigenvalue weighted by atomic mass is 9.87. The van der Waals surface area contributed by atoms with Gasteiger partial charge in [-0.05, 0) is 42.9 Å². The predicted octanol–water partition coefficient (Wildman–Crippen LogP) is 6.55. The van der Waals surface area contributed by atoms with Gasteiger partial charge in [0.05, 0.1) is 10.4 Å². The Morgan fingerprint density at radius 3 is 2.40 bits per heavy atom. The second-order valence-electron chi connectivity index (χ2n) is 7.47. The van der Waals surface area contributed by atoms with Crippen molar-refractivity contribution in [2.75, 3.05) is 18.0 Å². The fourth-order valence-electron chi connectivity index (χ4n) is 4.02. The molecular formula is C21H18F5N2OS. The molecule has 1 fully saturated rings. The van der Waals surface area contributed by atoms with E-state index in [1.54, 1.807) is 0 Å². The molecule has 1 aliphatic heterocycles. The molecule has 0 aliphatic carbocycles. The Labute approximate surface area is 173 Å². The summed E-state index contributed by atoms with van der Waals surface area (Å²) in [6.45, 7) is 1.24. The smallest absolute Gasteiger partial charge is 0.370 e. The van der Waals surface area contributed by atoms with Gasteiger partial charge >= 0.3 is 17.3 Å². The first-order valence-electron chi connectivity index (χ1n) is 9.51. The van der Waals surface area contributed by atoms with Crippen molar-refractivity contribution in [3.63, 3.8) is 0 Å². The van der Waals surface area contributed by atoms with Crippen molar-refractivity contribution in [2.24, 2.45) is 5.92 Å². The SMILES string of the molecule is [O]c1nc2c(N3CCC(Cc4ccccc4C(F)(F)C(F)(F)F)CC3)cccc2s1. The molecule has 0 spiro atoms. The minimum absolute atomic E-state index is 0.00357. The first-order chi connectivity index (χ1) is 14.2. The molecule has 2 heterocycles. The number of hydrogen-bond donors (Lipinski definition) is 0. The number of nitrogens with zero attached hydrogens (tertiary/aromatic N) is 2. The van der Waals surface area contributed by atoms with Gasteiger partial charge in [0, 0.05) is 18.7 Å². The highest BCUT2D eigenvalue weighted by Gasteiger charge is 2.59. The summed E-state index contributed by atoms with van der Waals surface area (Å²) in [5.41, 5.74) is 0.584. The molecule has 0 bridgehead atoms. The zero-order valence-corrected chi connectivity index (χ0v) is 16.6. The Bertz CT molecular complexity index is 1040. The Morgan fingerprint density at radius 1 is 1.00 bits per heavy atom. The molecule has 2 aromatic carbocycles. The first kappa shape index (κ1) is 20.8. The van der Waals surface area contributed by atoms with Crippen molar-refractivity contribution in [1.29, 1.82) is 0 Å². The highest BCUT2D eigenvalue weighted by atomic mass is 32.1. The number of rotatable bonds is 4. The lowest BCUT2D eigenvalue weighted by Crippen LogP contribution is -2.36. The maximum atomic E-state index is 13.9. The summed E-state index contributed by atoms with van der Waals surface area (Å²) in [6.07, 6.45) is -4.16. The maximum Gasteiger partial charge on any atom is 0.458 e. The molecule has 3 nitrogen and oxygen atoms in total. The lowest BCUT2D eigenvalue weighted by Gasteiger charge is -2.34. The summed E-state index contributed by atoms with van der Waals surface area (Å²) < 4.78 is 67.3. The van der Waals surface area contributed by atoms with Gasteiger partial charge in [0.25, 0.3) is 0 Å². The second-order valence-corrected chi connectivity index (χ2v) is 8.46. The van der Waals surface area contributed by atoms with E-state index in [0.29, 0.717) is 31.4 Å². The maximum absolute atomic E-state index is 13.9. The van der Waals surface area contributed by atoms with Crippen LogP contribution in [0.2, 0.25) is 0 Å². The summed E-state index contributed by atoms with van der Waals surface area (Å²) in [7, 11) is 0. The number of hydrogen-bond acceptors (Lipinski definition) is 3. The van der Waals surface area contributed by atoms with Gasteiger partial charge < -0.3 is 4.90 Å². The van der Waals surface area contributed by atoms with Gasteiger partial charge in [-0.15, -0.1) is 0 Å². The number of halogens is 5. The molecule has 0 unspecified atom stereocenters. The van der Waals surface area contributed by atoms with Gasteiger partial charge in [-0.25, -0.2) is 0 Å². The second kappa shape index (κ2) is 7.68. The Hall–Kier alpha value is -2.42. The van der Waals surface area contributed by atoms with Crippen molar-refractivity contribution in [2.45, 2.75) is 31.4 Å². The van der Waals surface area contributed by atoms with Gasteiger partial charge in [-0.2, -0.15) is 26.9 Å². The quantitative estimate of drug-likeness (QED) is 0.430. The molecule has 3 aromatic rings. The van der Waals surface area contributed by atoms with E-state index >= 15 is 0 Å².